The first-order valence-electron chi connectivity index (χ1n) is 12.1. The van der Waals surface area contributed by atoms with E-state index >= 15 is 0 Å². The normalized spacial score (nSPS) is 11.0. The third kappa shape index (κ3) is 8.09. The molecule has 0 aliphatic heterocycles. The van der Waals surface area contributed by atoms with Crippen LogP contribution in [0.15, 0.2) is 73.1 Å². The van der Waals surface area contributed by atoms with Crippen LogP contribution in [-0.2, 0) is 30.9 Å². The van der Waals surface area contributed by atoms with Crippen LogP contribution in [0, 0.1) is 0 Å². The molecule has 1 radical (unpaired) electrons. The Bertz CT molecular complexity index is 1350. The maximum absolute atomic E-state index is 10.8. The monoisotopic (exact) mass is 703 g/mol. The molecule has 2 aromatic heterocycles. The van der Waals surface area contributed by atoms with E-state index in [1.807, 2.05) is 48.5 Å². The molecule has 4 aromatic rings. The minimum absolute atomic E-state index is 0. The molecule has 9 heteroatoms. The smallest absolute Gasteiger partial charge is 0.175 e. The number of carboxylic acid groups (broad SMARTS) is 2. The predicted molar refractivity (Wildman–Crippen MR) is 141 cm³/mol. The zero-order chi connectivity index (χ0) is 28.1. The summed E-state index contributed by atoms with van der Waals surface area (Å²) in [6, 6.07) is 19.1. The summed E-state index contributed by atoms with van der Waals surface area (Å²) in [5, 5.41) is 21.7. The van der Waals surface area contributed by atoms with Gasteiger partial charge in [-0.15, -0.1) is 0 Å². The maximum atomic E-state index is 10.8. The summed E-state index contributed by atoms with van der Waals surface area (Å²) < 4.78 is 0. The van der Waals surface area contributed by atoms with Crippen molar-refractivity contribution in [2.45, 2.75) is 52.4 Å². The van der Waals surface area contributed by atoms with Crippen molar-refractivity contribution in [2.24, 2.45) is 0 Å². The fourth-order valence-corrected chi connectivity index (χ4v) is 3.94. The van der Waals surface area contributed by atoms with Crippen molar-refractivity contribution in [3.63, 3.8) is 0 Å². The quantitative estimate of drug-likeness (QED) is 0.315. The Labute approximate surface area is 242 Å². The van der Waals surface area contributed by atoms with Gasteiger partial charge in [-0.05, 0) is 34.1 Å². The molecule has 0 aliphatic rings. The minimum atomic E-state index is -1.37. The summed E-state index contributed by atoms with van der Waals surface area (Å²) in [5.41, 5.74) is 5.14. The van der Waals surface area contributed by atoms with E-state index in [4.69, 9.17) is 0 Å². The van der Waals surface area contributed by atoms with Crippen LogP contribution in [0.3, 0.4) is 0 Å². The first kappa shape index (κ1) is 31.4. The summed E-state index contributed by atoms with van der Waals surface area (Å²) in [6.45, 7) is 12.6. The van der Waals surface area contributed by atoms with Crippen LogP contribution in [0.5, 0.6) is 0 Å². The molecular formula is C30H30IrN4O4-2. The van der Waals surface area contributed by atoms with E-state index < -0.39 is 11.9 Å². The summed E-state index contributed by atoms with van der Waals surface area (Å²) in [4.78, 5) is 37.1. The van der Waals surface area contributed by atoms with Crippen LogP contribution in [0.4, 0.5) is 0 Å². The molecule has 0 bridgehead atoms. The number of carbonyl (C=O) groups excluding carboxylic acids is 2. The molecule has 4 rings (SSSR count). The zero-order valence-electron chi connectivity index (χ0n) is 22.7. The van der Waals surface area contributed by atoms with Crippen molar-refractivity contribution >= 4 is 11.9 Å². The summed E-state index contributed by atoms with van der Waals surface area (Å²) >= 11 is 0. The van der Waals surface area contributed by atoms with E-state index in [-0.39, 0.29) is 42.6 Å². The van der Waals surface area contributed by atoms with Crippen LogP contribution < -0.4 is 10.2 Å². The van der Waals surface area contributed by atoms with Crippen molar-refractivity contribution in [2.75, 3.05) is 0 Å². The molecule has 0 aliphatic carbocycles. The first-order chi connectivity index (χ1) is 17.8. The van der Waals surface area contributed by atoms with Gasteiger partial charge in [-0.1, -0.05) is 90.1 Å². The second-order valence-electron chi connectivity index (χ2n) is 10.7. The topological polar surface area (TPSA) is 132 Å². The van der Waals surface area contributed by atoms with E-state index in [9.17, 15) is 19.8 Å². The number of hydrogen-bond acceptors (Lipinski definition) is 8. The number of aromatic carboxylic acids is 2. The Kier molecular flexibility index (Phi) is 10.3. The Balaban J connectivity index is 0.000000267. The molecule has 0 amide bonds. The third-order valence-corrected chi connectivity index (χ3v) is 5.70. The van der Waals surface area contributed by atoms with Gasteiger partial charge in [0.25, 0.3) is 0 Å². The van der Waals surface area contributed by atoms with Crippen LogP contribution in [0.1, 0.15) is 73.9 Å². The zero-order valence-corrected chi connectivity index (χ0v) is 25.1. The molecule has 2 heterocycles. The van der Waals surface area contributed by atoms with Gasteiger partial charge in [0.1, 0.15) is 11.9 Å². The van der Waals surface area contributed by atoms with Gasteiger partial charge >= 0.3 is 0 Å². The maximum Gasteiger partial charge on any atom is 0.175 e. The molecule has 0 saturated carbocycles. The Hall–Kier alpha value is -3.81. The van der Waals surface area contributed by atoms with E-state index in [0.29, 0.717) is 11.4 Å². The number of nitrogens with zero attached hydrogens (tertiary/aromatic N) is 4. The second kappa shape index (κ2) is 12.8. The van der Waals surface area contributed by atoms with Crippen LogP contribution >= 0.6 is 0 Å². The molecule has 39 heavy (non-hydrogen) atoms. The Morgan fingerprint density at radius 1 is 0.590 bits per heavy atom. The average molecular weight is 703 g/mol. The van der Waals surface area contributed by atoms with Gasteiger partial charge in [-0.25, -0.2) is 19.9 Å². The molecular weight excluding hydrogens is 673 g/mol. The predicted octanol–water partition coefficient (Wildman–Crippen LogP) is 3.61. The molecule has 8 nitrogen and oxygen atoms in total. The standard InChI is InChI=1S/2C15H16N2O2.Ir/c2*1-15(2,3)11-7-5-4-6-10(11)12-8-9-16-13(17-12)14(18)19;/h2*4-9H,1-3H3,(H,18,19);/p-2. The van der Waals surface area contributed by atoms with E-state index in [0.717, 1.165) is 22.3 Å². The van der Waals surface area contributed by atoms with Crippen LogP contribution in [0.25, 0.3) is 22.5 Å². The summed E-state index contributed by atoms with van der Waals surface area (Å²) in [5.74, 6) is -3.31. The molecule has 205 valence electrons. The molecule has 0 atom stereocenters. The number of hydrogen-bond donors (Lipinski definition) is 0. The average Bonchev–Trinajstić information content (AvgIpc) is 2.88. The first-order valence-corrected chi connectivity index (χ1v) is 12.1. The largest absolute Gasteiger partial charge is 0.542 e. The van der Waals surface area contributed by atoms with E-state index in [1.165, 1.54) is 12.4 Å². The van der Waals surface area contributed by atoms with Crippen molar-refractivity contribution in [1.29, 1.82) is 0 Å². The second-order valence-corrected chi connectivity index (χ2v) is 10.7. The molecule has 0 fully saturated rings. The van der Waals surface area contributed by atoms with E-state index in [1.54, 1.807) is 12.1 Å². The molecule has 0 unspecified atom stereocenters. The third-order valence-electron chi connectivity index (χ3n) is 5.70. The molecule has 0 spiro atoms. The summed E-state index contributed by atoms with van der Waals surface area (Å²) in [7, 11) is 0. The SMILES string of the molecule is CC(C)(C)c1ccccc1-c1ccnc(C(=O)[O-])n1.CC(C)(C)c1ccccc1-c1ccnc(C(=O)[O-])n1.[Ir]. The fraction of sp³-hybridized carbons (Fsp3) is 0.267. The number of carbonyl (C=O) groups is 2. The fourth-order valence-electron chi connectivity index (χ4n) is 3.94. The number of rotatable bonds is 4. The molecule has 0 saturated heterocycles. The van der Waals surface area contributed by atoms with Crippen molar-refractivity contribution < 1.29 is 39.9 Å². The van der Waals surface area contributed by atoms with Gasteiger partial charge in [0.05, 0.1) is 11.4 Å². The Morgan fingerprint density at radius 2 is 0.923 bits per heavy atom. The van der Waals surface area contributed by atoms with Crippen LogP contribution in [0.2, 0.25) is 0 Å². The van der Waals surface area contributed by atoms with Gasteiger partial charge in [-0.2, -0.15) is 0 Å². The summed E-state index contributed by atoms with van der Waals surface area (Å²) in [6.07, 6.45) is 2.87. The van der Waals surface area contributed by atoms with Gasteiger partial charge < -0.3 is 19.8 Å². The number of aromatic nitrogens is 4. The van der Waals surface area contributed by atoms with Crippen molar-refractivity contribution in [1.82, 2.24) is 19.9 Å². The number of carboxylic acids is 2. The van der Waals surface area contributed by atoms with Gasteiger partial charge in [-0.3, -0.25) is 0 Å². The van der Waals surface area contributed by atoms with Crippen molar-refractivity contribution in [3.05, 3.63) is 95.8 Å². The molecule has 2 aromatic carbocycles. The van der Waals surface area contributed by atoms with Crippen LogP contribution in [-0.4, -0.2) is 31.9 Å². The van der Waals surface area contributed by atoms with Gasteiger partial charge in [0, 0.05) is 43.6 Å². The van der Waals surface area contributed by atoms with Crippen molar-refractivity contribution in [3.8, 4) is 22.5 Å². The van der Waals surface area contributed by atoms with E-state index in [2.05, 4.69) is 61.5 Å². The van der Waals surface area contributed by atoms with Gasteiger partial charge in [0.15, 0.2) is 11.6 Å². The molecule has 0 N–H and O–H groups in total. The number of benzene rings is 2. The Morgan fingerprint density at radius 3 is 1.23 bits per heavy atom. The van der Waals surface area contributed by atoms with Gasteiger partial charge in [0.2, 0.25) is 0 Å². The minimum Gasteiger partial charge on any atom is -0.542 e.